The molecule has 21 N–H and O–H groups in total. The number of nitrogens with two attached hydrogens (primary N) is 6. The second-order valence-corrected chi connectivity index (χ2v) is 21.4. The molecule has 0 aromatic rings. The number of hydrogen-bond acceptors (Lipinski definition) is 15. The van der Waals surface area contributed by atoms with Crippen molar-refractivity contribution in [2.45, 2.75) is 219 Å². The molecule has 10 atom stereocenters. The van der Waals surface area contributed by atoms with E-state index in [0.29, 0.717) is 64.3 Å². The number of amides is 9. The molecule has 0 saturated heterocycles. The smallest absolute Gasteiger partial charge is 0.326 e. The largest absolute Gasteiger partial charge is 0.480 e. The van der Waals surface area contributed by atoms with Gasteiger partial charge in [-0.05, 0) is 146 Å². The summed E-state index contributed by atoms with van der Waals surface area (Å²) >= 11 is 0. The number of nitrogens with one attached hydrogen (secondary N) is 8. The normalized spacial score (nSPS) is 15.3. The fourth-order valence-corrected chi connectivity index (χ4v) is 8.24. The van der Waals surface area contributed by atoms with Crippen molar-refractivity contribution in [2.75, 3.05) is 26.2 Å². The zero-order chi connectivity index (χ0) is 58.8. The summed E-state index contributed by atoms with van der Waals surface area (Å²) in [4.78, 5) is 136. The minimum atomic E-state index is -1.65. The number of unbranched alkanes of at least 4 members (excludes halogenated alkanes) is 4. The molecule has 77 heavy (non-hydrogen) atoms. The Hall–Kier alpha value is -5.50. The van der Waals surface area contributed by atoms with Gasteiger partial charge in [-0.1, -0.05) is 61.8 Å². The van der Waals surface area contributed by atoms with Gasteiger partial charge in [0.1, 0.15) is 48.3 Å². The van der Waals surface area contributed by atoms with Crippen molar-refractivity contribution >= 4 is 59.1 Å². The highest BCUT2D eigenvalue weighted by molar-refractivity contribution is 5.99. The minimum Gasteiger partial charge on any atom is -0.480 e. The lowest BCUT2D eigenvalue weighted by atomic mass is 9.98. The standard InChI is InChI=1S/C52H100N14O11/c1-9-33(8)43(58)51(75)62-37(21-13-17-25-56)46(70)63-39(27-31(4)5)49(73)64-38(26-30(2)3)48(72)60-34(18-10-14-22-53)44(68)59-35(19-11-15-23-54)45(69)65-40(29-42(57)67)50(74)61-36(20-12-16-24-55)47(71)66-41(52(76)77)28-32(6)7/h30-41,43H,9-29,53-56,58H2,1-8H3,(H2,57,67)(H,59,68)(H,60,72)(H,61,74)(H,62,75)(H,63,70)(H,64,73)(H,65,69)(H,66,71)(H,76,77)/t33-,34-,35-,36-,37-,38-,39-,40-,41-,43-/m0/s1. The van der Waals surface area contributed by atoms with Gasteiger partial charge in [-0.25, -0.2) is 4.79 Å². The Balaban J connectivity index is 6.85. The summed E-state index contributed by atoms with van der Waals surface area (Å²) in [5, 5.41) is 31.1. The predicted molar refractivity (Wildman–Crippen MR) is 294 cm³/mol. The molecule has 0 aromatic heterocycles. The van der Waals surface area contributed by atoms with Crippen LogP contribution in [0.1, 0.15) is 165 Å². The summed E-state index contributed by atoms with van der Waals surface area (Å²) in [5.41, 5.74) is 34.7. The van der Waals surface area contributed by atoms with Crippen LogP contribution in [0.2, 0.25) is 0 Å². The molecule has 0 unspecified atom stereocenters. The molecule has 0 bridgehead atoms. The summed E-state index contributed by atoms with van der Waals surface area (Å²) in [6.45, 7) is 15.8. The van der Waals surface area contributed by atoms with Crippen LogP contribution in [0.3, 0.4) is 0 Å². The van der Waals surface area contributed by atoms with E-state index in [1.54, 1.807) is 13.8 Å². The highest BCUT2D eigenvalue weighted by atomic mass is 16.4. The van der Waals surface area contributed by atoms with Crippen LogP contribution in [-0.2, 0) is 47.9 Å². The van der Waals surface area contributed by atoms with Crippen molar-refractivity contribution in [2.24, 2.45) is 58.1 Å². The molecule has 25 heteroatoms. The molecule has 9 amide bonds. The number of carboxylic acid groups (broad SMARTS) is 1. The maximum absolute atomic E-state index is 14.3. The molecule has 0 aliphatic heterocycles. The van der Waals surface area contributed by atoms with Crippen molar-refractivity contribution in [3.63, 3.8) is 0 Å². The number of carbonyl (C=O) groups excluding carboxylic acids is 9. The van der Waals surface area contributed by atoms with Gasteiger partial charge in [0.2, 0.25) is 53.2 Å². The van der Waals surface area contributed by atoms with Gasteiger partial charge in [-0.3, -0.25) is 43.2 Å². The maximum atomic E-state index is 14.3. The predicted octanol–water partition coefficient (Wildman–Crippen LogP) is -1.15. The van der Waals surface area contributed by atoms with Crippen LogP contribution in [0, 0.1) is 23.7 Å². The Morgan fingerprint density at radius 1 is 0.377 bits per heavy atom. The number of aliphatic carboxylic acids is 1. The fourth-order valence-electron chi connectivity index (χ4n) is 8.24. The number of carbonyl (C=O) groups is 10. The maximum Gasteiger partial charge on any atom is 0.326 e. The zero-order valence-corrected chi connectivity index (χ0v) is 47.3. The fraction of sp³-hybridized carbons (Fsp3) is 0.808. The third-order valence-corrected chi connectivity index (χ3v) is 12.9. The molecule has 0 radical (unpaired) electrons. The first-order valence-corrected chi connectivity index (χ1v) is 27.8. The van der Waals surface area contributed by atoms with Gasteiger partial charge in [0, 0.05) is 0 Å². The van der Waals surface area contributed by atoms with Crippen molar-refractivity contribution in [1.82, 2.24) is 42.5 Å². The van der Waals surface area contributed by atoms with Gasteiger partial charge in [-0.2, -0.15) is 0 Å². The van der Waals surface area contributed by atoms with Crippen molar-refractivity contribution in [3.05, 3.63) is 0 Å². The average Bonchev–Trinajstić information content (AvgIpc) is 3.35. The molecular weight excluding hydrogens is 997 g/mol. The number of carboxylic acids is 1. The number of rotatable bonds is 43. The van der Waals surface area contributed by atoms with Gasteiger partial charge >= 0.3 is 5.97 Å². The lowest BCUT2D eigenvalue weighted by Crippen LogP contribution is -2.60. The molecule has 0 rings (SSSR count). The van der Waals surface area contributed by atoms with E-state index in [4.69, 9.17) is 34.4 Å². The third kappa shape index (κ3) is 30.3. The van der Waals surface area contributed by atoms with Crippen molar-refractivity contribution in [1.29, 1.82) is 0 Å². The zero-order valence-electron chi connectivity index (χ0n) is 47.3. The Kier molecular flexibility index (Phi) is 37.0. The Morgan fingerprint density at radius 3 is 0.896 bits per heavy atom. The van der Waals surface area contributed by atoms with Crippen LogP contribution in [0.15, 0.2) is 0 Å². The molecule has 0 saturated carbocycles. The third-order valence-electron chi connectivity index (χ3n) is 12.9. The van der Waals surface area contributed by atoms with E-state index in [2.05, 4.69) is 42.5 Å². The van der Waals surface area contributed by atoms with Gasteiger partial charge in [0.05, 0.1) is 12.5 Å². The average molecular weight is 1100 g/mol. The topological polar surface area (TPSA) is 443 Å². The van der Waals surface area contributed by atoms with E-state index in [9.17, 15) is 53.1 Å². The van der Waals surface area contributed by atoms with E-state index in [1.165, 1.54) is 0 Å². The summed E-state index contributed by atoms with van der Waals surface area (Å²) in [7, 11) is 0. The summed E-state index contributed by atoms with van der Waals surface area (Å²) in [6.07, 6.45) is 4.11. The second kappa shape index (κ2) is 39.8. The van der Waals surface area contributed by atoms with E-state index >= 15 is 0 Å². The highest BCUT2D eigenvalue weighted by Gasteiger charge is 2.36. The Labute approximate surface area is 456 Å². The molecule has 0 spiro atoms. The summed E-state index contributed by atoms with van der Waals surface area (Å²) in [5.74, 6) is -8.80. The van der Waals surface area contributed by atoms with Gasteiger partial charge in [0.25, 0.3) is 0 Å². The minimum absolute atomic E-state index is 0.00306. The van der Waals surface area contributed by atoms with Crippen molar-refractivity contribution in [3.8, 4) is 0 Å². The van der Waals surface area contributed by atoms with Crippen molar-refractivity contribution < 1.29 is 53.1 Å². The Bertz CT molecular complexity index is 1840. The summed E-state index contributed by atoms with van der Waals surface area (Å²) < 4.78 is 0. The lowest BCUT2D eigenvalue weighted by molar-refractivity contribution is -0.143. The molecular formula is C52H100N14O11. The molecule has 0 fully saturated rings. The molecule has 444 valence electrons. The lowest BCUT2D eigenvalue weighted by Gasteiger charge is -2.29. The van der Waals surface area contributed by atoms with Crippen LogP contribution in [0.5, 0.6) is 0 Å². The van der Waals surface area contributed by atoms with Crippen LogP contribution < -0.4 is 76.9 Å². The van der Waals surface area contributed by atoms with Crippen LogP contribution in [0.4, 0.5) is 0 Å². The Morgan fingerprint density at radius 2 is 0.623 bits per heavy atom. The van der Waals surface area contributed by atoms with E-state index < -0.39 is 120 Å². The van der Waals surface area contributed by atoms with E-state index in [-0.39, 0.29) is 88.3 Å². The van der Waals surface area contributed by atoms with Crippen LogP contribution in [-0.4, -0.2) is 145 Å². The molecule has 0 aliphatic carbocycles. The number of hydrogen-bond donors (Lipinski definition) is 15. The van der Waals surface area contributed by atoms with Crippen LogP contribution in [0.25, 0.3) is 0 Å². The first-order valence-electron chi connectivity index (χ1n) is 27.8. The van der Waals surface area contributed by atoms with E-state index in [0.717, 1.165) is 0 Å². The molecule has 0 heterocycles. The quantitative estimate of drug-likeness (QED) is 0.0321. The monoisotopic (exact) mass is 1100 g/mol. The number of primary amides is 1. The van der Waals surface area contributed by atoms with Gasteiger partial charge in [0.15, 0.2) is 0 Å². The molecule has 25 nitrogen and oxygen atoms in total. The first-order chi connectivity index (χ1) is 36.3. The van der Waals surface area contributed by atoms with Gasteiger partial charge in [-0.15, -0.1) is 0 Å². The first kappa shape index (κ1) is 71.5. The van der Waals surface area contributed by atoms with Crippen LogP contribution >= 0.6 is 0 Å². The molecule has 0 aromatic carbocycles. The van der Waals surface area contributed by atoms with E-state index in [1.807, 2.05) is 41.5 Å². The summed E-state index contributed by atoms with van der Waals surface area (Å²) in [6, 6.07) is -11.1. The highest BCUT2D eigenvalue weighted by Crippen LogP contribution is 2.14. The molecule has 0 aliphatic rings. The van der Waals surface area contributed by atoms with Gasteiger partial charge < -0.3 is 82.0 Å². The second-order valence-electron chi connectivity index (χ2n) is 21.4. The SMILES string of the molecule is CC[C@H](C)[C@H](N)C(=O)N[C@@H](CCCCN)C(=O)N[C@@H](CC(C)C)C(=O)N[C@@H](CC(C)C)C(=O)N[C@@H](CCCCN)C(=O)N[C@@H](CCCCN)C(=O)N[C@@H](CC(N)=O)C(=O)N[C@@H](CCCCN)C(=O)N[C@@H](CC(C)C)C(=O)O.